The van der Waals surface area contributed by atoms with Gasteiger partial charge in [-0.3, -0.25) is 9.59 Å². The number of methoxy groups -OCH3 is 1. The van der Waals surface area contributed by atoms with Gasteiger partial charge in [-0.25, -0.2) is 4.39 Å². The first kappa shape index (κ1) is 27.1. The molecule has 212 valence electrons. The number of nitrogens with one attached hydrogen (secondary N) is 1. The lowest BCUT2D eigenvalue weighted by Gasteiger charge is -2.27. The second-order valence-electron chi connectivity index (χ2n) is 12.1. The Morgan fingerprint density at radius 2 is 1.78 bits per heavy atom. The first-order valence-electron chi connectivity index (χ1n) is 14.0. The molecule has 3 aromatic carbocycles. The molecule has 3 atom stereocenters. The molecule has 0 radical (unpaired) electrons. The maximum Gasteiger partial charge on any atom is 0.307 e. The normalized spacial score (nSPS) is 23.9. The third-order valence-electron chi connectivity index (χ3n) is 9.39. The van der Waals surface area contributed by atoms with E-state index in [-0.39, 0.29) is 29.7 Å². The molecule has 6 nitrogen and oxygen atoms in total. The van der Waals surface area contributed by atoms with Crippen LogP contribution in [0.1, 0.15) is 60.7 Å². The second kappa shape index (κ2) is 9.75. The highest BCUT2D eigenvalue weighted by molar-refractivity contribution is 5.99. The summed E-state index contributed by atoms with van der Waals surface area (Å²) in [7, 11) is 1.57. The van der Waals surface area contributed by atoms with Crippen molar-refractivity contribution >= 4 is 17.4 Å². The van der Waals surface area contributed by atoms with Crippen LogP contribution in [0.2, 0.25) is 0 Å². The molecule has 0 aromatic heterocycles. The Labute approximate surface area is 239 Å². The summed E-state index contributed by atoms with van der Waals surface area (Å²) >= 11 is 0. The molecule has 2 aliphatic carbocycles. The van der Waals surface area contributed by atoms with Crippen LogP contribution in [0.25, 0.3) is 16.7 Å². The van der Waals surface area contributed by atoms with Crippen LogP contribution in [0.4, 0.5) is 4.39 Å². The largest absolute Gasteiger partial charge is 0.497 e. The molecule has 7 heteroatoms. The molecular weight excluding hydrogens is 521 g/mol. The van der Waals surface area contributed by atoms with E-state index in [1.54, 1.807) is 31.4 Å². The molecule has 1 saturated carbocycles. The quantitative estimate of drug-likeness (QED) is 0.343. The predicted octanol–water partition coefficient (Wildman–Crippen LogP) is 6.62. The van der Waals surface area contributed by atoms with Crippen LogP contribution in [0.3, 0.4) is 0 Å². The average Bonchev–Trinajstić information content (AvgIpc) is 3.38. The molecule has 3 unspecified atom stereocenters. The highest BCUT2D eigenvalue weighted by Gasteiger charge is 2.68. The number of allylic oxidation sites excluding steroid dienone is 2. The summed E-state index contributed by atoms with van der Waals surface area (Å²) in [6.45, 7) is 6.90. The molecule has 0 saturated heterocycles. The number of rotatable bonds is 7. The third kappa shape index (κ3) is 4.39. The molecular formula is C34H34FNO5. The van der Waals surface area contributed by atoms with E-state index in [1.165, 1.54) is 11.6 Å². The van der Waals surface area contributed by atoms with Crippen LogP contribution in [-0.2, 0) is 16.8 Å². The summed E-state index contributed by atoms with van der Waals surface area (Å²) < 4.78 is 26.7. The number of carboxylic acid groups (broad SMARTS) is 1. The minimum absolute atomic E-state index is 0.0569. The van der Waals surface area contributed by atoms with Crippen molar-refractivity contribution in [3.63, 3.8) is 0 Å². The van der Waals surface area contributed by atoms with E-state index in [1.807, 2.05) is 25.1 Å². The lowest BCUT2D eigenvalue weighted by Crippen LogP contribution is -2.41. The number of halogens is 1. The fraction of sp³-hybridized carbons (Fsp3) is 0.353. The molecule has 1 amide bonds. The number of amides is 1. The Hall–Kier alpha value is -4.13. The van der Waals surface area contributed by atoms with Gasteiger partial charge in [0.05, 0.1) is 13.0 Å². The van der Waals surface area contributed by atoms with E-state index in [4.69, 9.17) is 9.47 Å². The number of carbonyl (C=O) groups excluding carboxylic acids is 1. The first-order valence-corrected chi connectivity index (χ1v) is 14.0. The zero-order valence-corrected chi connectivity index (χ0v) is 23.7. The fourth-order valence-electron chi connectivity index (χ4n) is 6.97. The van der Waals surface area contributed by atoms with Gasteiger partial charge in [-0.05, 0) is 94.5 Å². The van der Waals surface area contributed by atoms with Crippen molar-refractivity contribution < 1.29 is 28.6 Å². The number of ether oxygens (including phenoxy) is 2. The van der Waals surface area contributed by atoms with Crippen molar-refractivity contribution in [2.24, 2.45) is 17.3 Å². The molecule has 41 heavy (non-hydrogen) atoms. The third-order valence-corrected chi connectivity index (χ3v) is 9.39. The Bertz CT molecular complexity index is 1610. The standard InChI is InChI=1S/C34H34FNO5/c1-19-30(32(38)39)34(19)18-36-31(37)24-11-8-22(16-28(24)34)41-17-20-7-10-23(26-15-21(40-4)9-12-29(26)35)25(14-20)27-6-5-13-33(27,2)3/h6-12,14-16,19,30H,5,13,17-18H2,1-4H3,(H,36,37)(H,38,39). The zero-order chi connectivity index (χ0) is 29.1. The molecule has 1 heterocycles. The van der Waals surface area contributed by atoms with Crippen molar-refractivity contribution in [1.82, 2.24) is 5.32 Å². The van der Waals surface area contributed by atoms with Gasteiger partial charge in [0.15, 0.2) is 0 Å². The van der Waals surface area contributed by atoms with E-state index in [2.05, 4.69) is 31.3 Å². The number of carbonyl (C=O) groups is 2. The second-order valence-corrected chi connectivity index (χ2v) is 12.1. The molecule has 3 aliphatic rings. The van der Waals surface area contributed by atoms with Gasteiger partial charge in [0, 0.05) is 23.1 Å². The number of benzene rings is 3. The Morgan fingerprint density at radius 1 is 1.02 bits per heavy atom. The number of hydrogen-bond acceptors (Lipinski definition) is 4. The highest BCUT2D eigenvalue weighted by atomic mass is 19.1. The van der Waals surface area contributed by atoms with E-state index >= 15 is 4.39 Å². The maximum atomic E-state index is 15.1. The van der Waals surface area contributed by atoms with Crippen molar-refractivity contribution in [2.45, 2.75) is 45.6 Å². The van der Waals surface area contributed by atoms with Crippen molar-refractivity contribution in [3.8, 4) is 22.6 Å². The molecule has 6 rings (SSSR count). The van der Waals surface area contributed by atoms with Crippen molar-refractivity contribution in [3.05, 3.63) is 88.7 Å². The smallest absolute Gasteiger partial charge is 0.307 e. The van der Waals surface area contributed by atoms with Gasteiger partial charge in [0.25, 0.3) is 5.91 Å². The Balaban J connectivity index is 1.34. The highest BCUT2D eigenvalue weighted by Crippen LogP contribution is 2.61. The van der Waals surface area contributed by atoms with Gasteiger partial charge in [-0.15, -0.1) is 0 Å². The molecule has 2 N–H and O–H groups in total. The van der Waals surface area contributed by atoms with Gasteiger partial charge in [-0.2, -0.15) is 0 Å². The summed E-state index contributed by atoms with van der Waals surface area (Å²) in [6.07, 6.45) is 4.22. The van der Waals surface area contributed by atoms with Crippen LogP contribution in [0, 0.1) is 23.1 Å². The van der Waals surface area contributed by atoms with Gasteiger partial charge in [0.2, 0.25) is 0 Å². The summed E-state index contributed by atoms with van der Waals surface area (Å²) in [5.41, 5.74) is 4.92. The minimum atomic E-state index is -0.852. The van der Waals surface area contributed by atoms with E-state index < -0.39 is 17.3 Å². The topological polar surface area (TPSA) is 84.9 Å². The van der Waals surface area contributed by atoms with Gasteiger partial charge < -0.3 is 19.9 Å². The zero-order valence-electron chi connectivity index (χ0n) is 23.7. The van der Waals surface area contributed by atoms with Gasteiger partial charge in [-0.1, -0.05) is 39.0 Å². The summed E-state index contributed by atoms with van der Waals surface area (Å²) in [5, 5.41) is 12.6. The lowest BCUT2D eigenvalue weighted by atomic mass is 9.79. The van der Waals surface area contributed by atoms with E-state index in [9.17, 15) is 14.7 Å². The summed E-state index contributed by atoms with van der Waals surface area (Å²) in [6, 6.07) is 16.0. The minimum Gasteiger partial charge on any atom is -0.497 e. The van der Waals surface area contributed by atoms with Gasteiger partial charge in [0.1, 0.15) is 23.9 Å². The fourth-order valence-corrected chi connectivity index (χ4v) is 6.97. The molecule has 0 bridgehead atoms. The van der Waals surface area contributed by atoms with Crippen LogP contribution >= 0.6 is 0 Å². The monoisotopic (exact) mass is 555 g/mol. The van der Waals surface area contributed by atoms with Crippen LogP contribution in [0.15, 0.2) is 60.7 Å². The Kier molecular flexibility index (Phi) is 6.44. The molecule has 1 aliphatic heterocycles. The SMILES string of the molecule is COc1ccc(F)c(-c2ccc(COc3ccc4c(c3)C3(CNC4=O)C(C)C3C(=O)O)cc2C2=CCCC2(C)C)c1. The number of fused-ring (bicyclic) bond motifs is 2. The molecule has 1 fully saturated rings. The van der Waals surface area contributed by atoms with Crippen molar-refractivity contribution in [2.75, 3.05) is 13.7 Å². The average molecular weight is 556 g/mol. The van der Waals surface area contributed by atoms with E-state index in [0.717, 1.165) is 35.1 Å². The first-order chi connectivity index (χ1) is 19.6. The van der Waals surface area contributed by atoms with Crippen LogP contribution in [0.5, 0.6) is 11.5 Å². The summed E-state index contributed by atoms with van der Waals surface area (Å²) in [5.74, 6) is -0.835. The molecule has 3 aromatic rings. The summed E-state index contributed by atoms with van der Waals surface area (Å²) in [4.78, 5) is 24.5. The lowest BCUT2D eigenvalue weighted by molar-refractivity contribution is -0.139. The number of hydrogen-bond donors (Lipinski definition) is 2. The van der Waals surface area contributed by atoms with Gasteiger partial charge >= 0.3 is 5.97 Å². The van der Waals surface area contributed by atoms with Crippen LogP contribution in [-0.4, -0.2) is 30.6 Å². The molecule has 1 spiro atoms. The number of carboxylic acids is 1. The predicted molar refractivity (Wildman–Crippen MR) is 154 cm³/mol. The maximum absolute atomic E-state index is 15.1. The van der Waals surface area contributed by atoms with Crippen LogP contribution < -0.4 is 14.8 Å². The Morgan fingerprint density at radius 3 is 2.46 bits per heavy atom. The van der Waals surface area contributed by atoms with Crippen molar-refractivity contribution in [1.29, 1.82) is 0 Å². The van der Waals surface area contributed by atoms with E-state index in [0.29, 0.717) is 29.2 Å². The number of aliphatic carboxylic acids is 1.